The first-order chi connectivity index (χ1) is 4.34. The second kappa shape index (κ2) is 2.63. The molecule has 48 valence electrons. The van der Waals surface area contributed by atoms with Gasteiger partial charge in [0.25, 0.3) is 0 Å². The molecule has 0 atom stereocenters. The van der Waals surface area contributed by atoms with Gasteiger partial charge in [-0.2, -0.15) is 0 Å². The lowest BCUT2D eigenvalue weighted by molar-refractivity contribution is 0.789. The number of nitrogens with zero attached hydrogens (tertiary/aromatic N) is 4. The highest BCUT2D eigenvalue weighted by Gasteiger charge is 1.96. The predicted octanol–water partition coefficient (Wildman–Crippen LogP) is 0.523. The fraction of sp³-hybridized carbons (Fsp3) is 0.250. The number of rotatable bonds is 2. The predicted molar refractivity (Wildman–Crippen MR) is 36.4 cm³/mol. The molecule has 0 N–H and O–H groups in total. The summed E-state index contributed by atoms with van der Waals surface area (Å²) in [6, 6.07) is 0. The van der Waals surface area contributed by atoms with Gasteiger partial charge in [0.1, 0.15) is 6.33 Å². The zero-order valence-corrected chi connectivity index (χ0v) is 5.80. The molecule has 0 amide bonds. The topological polar surface area (TPSA) is 43.1 Å². The van der Waals surface area contributed by atoms with E-state index in [2.05, 4.69) is 21.3 Å². The maximum atomic E-state index is 3.75. The van der Waals surface area contributed by atoms with E-state index in [4.69, 9.17) is 0 Å². The Morgan fingerprint density at radius 2 is 2.67 bits per heavy atom. The Morgan fingerprint density at radius 1 is 1.89 bits per heavy atom. The van der Waals surface area contributed by atoms with Gasteiger partial charge in [-0.05, 0) is 6.72 Å². The molecule has 0 aliphatic rings. The Labute approximate surface area is 57.1 Å². The largest absolute Gasteiger partial charge is 0.310 e. The van der Waals surface area contributed by atoms with Gasteiger partial charge < -0.3 is 4.57 Å². The SMILES string of the molecule is C=NSc1nncn1C. The lowest BCUT2D eigenvalue weighted by atomic mass is 11.1. The van der Waals surface area contributed by atoms with Crippen LogP contribution in [0.1, 0.15) is 0 Å². The van der Waals surface area contributed by atoms with E-state index in [1.807, 2.05) is 7.05 Å². The van der Waals surface area contributed by atoms with E-state index in [-0.39, 0.29) is 0 Å². The Bertz CT molecular complexity index is 206. The normalized spacial score (nSPS) is 9.44. The van der Waals surface area contributed by atoms with Crippen LogP contribution in [0.3, 0.4) is 0 Å². The van der Waals surface area contributed by atoms with Crippen molar-refractivity contribution in [3.63, 3.8) is 0 Å². The van der Waals surface area contributed by atoms with Crippen molar-refractivity contribution in [2.45, 2.75) is 5.16 Å². The average Bonchev–Trinajstić information content (AvgIpc) is 2.18. The maximum absolute atomic E-state index is 3.75. The summed E-state index contributed by atoms with van der Waals surface area (Å²) in [5.74, 6) is 0. The van der Waals surface area contributed by atoms with Crippen LogP contribution in [0.5, 0.6) is 0 Å². The maximum Gasteiger partial charge on any atom is 0.213 e. The molecule has 0 fully saturated rings. The van der Waals surface area contributed by atoms with Crippen LogP contribution in [0, 0.1) is 0 Å². The molecule has 4 nitrogen and oxygen atoms in total. The zero-order valence-electron chi connectivity index (χ0n) is 4.98. The van der Waals surface area contributed by atoms with Gasteiger partial charge in [0.2, 0.25) is 5.16 Å². The third-order valence-corrected chi connectivity index (χ3v) is 1.48. The molecule has 0 aromatic carbocycles. The molecule has 0 spiro atoms. The molecule has 9 heavy (non-hydrogen) atoms. The number of aromatic nitrogens is 3. The minimum atomic E-state index is 0.755. The van der Waals surface area contributed by atoms with Crippen molar-refractivity contribution in [2.24, 2.45) is 11.4 Å². The number of hydrogen-bond donors (Lipinski definition) is 0. The molecule has 0 bridgehead atoms. The van der Waals surface area contributed by atoms with Crippen molar-refractivity contribution in [1.29, 1.82) is 0 Å². The molecule has 0 aliphatic heterocycles. The fourth-order valence-corrected chi connectivity index (χ4v) is 0.788. The first-order valence-electron chi connectivity index (χ1n) is 2.31. The van der Waals surface area contributed by atoms with Crippen LogP contribution in [0.4, 0.5) is 0 Å². The lowest BCUT2D eigenvalue weighted by Crippen LogP contribution is -1.85. The number of aryl methyl sites for hydroxylation is 1. The molecule has 0 radical (unpaired) electrons. The van der Waals surface area contributed by atoms with Gasteiger partial charge in [-0.25, -0.2) is 4.40 Å². The molecule has 0 aliphatic carbocycles. The van der Waals surface area contributed by atoms with Crippen LogP contribution >= 0.6 is 11.9 Å². The van der Waals surface area contributed by atoms with Crippen LogP contribution < -0.4 is 0 Å². The van der Waals surface area contributed by atoms with E-state index in [9.17, 15) is 0 Å². The third-order valence-electron chi connectivity index (χ3n) is 0.816. The van der Waals surface area contributed by atoms with E-state index >= 15 is 0 Å². The van der Waals surface area contributed by atoms with Crippen molar-refractivity contribution in [1.82, 2.24) is 14.8 Å². The Kier molecular flexibility index (Phi) is 1.84. The summed E-state index contributed by atoms with van der Waals surface area (Å²) in [4.78, 5) is 0. The molecule has 5 heteroatoms. The van der Waals surface area contributed by atoms with Gasteiger partial charge >= 0.3 is 0 Å². The highest BCUT2D eigenvalue weighted by molar-refractivity contribution is 7.97. The van der Waals surface area contributed by atoms with Gasteiger partial charge in [-0.3, -0.25) is 0 Å². The van der Waals surface area contributed by atoms with Crippen LogP contribution in [-0.2, 0) is 7.05 Å². The monoisotopic (exact) mass is 142 g/mol. The van der Waals surface area contributed by atoms with E-state index in [0.29, 0.717) is 0 Å². The van der Waals surface area contributed by atoms with Crippen LogP contribution in [-0.4, -0.2) is 21.5 Å². The molecular formula is C4H6N4S. The summed E-state index contributed by atoms with van der Waals surface area (Å²) in [6.45, 7) is 3.31. The number of hydrogen-bond acceptors (Lipinski definition) is 4. The lowest BCUT2D eigenvalue weighted by Gasteiger charge is -1.89. The molecule has 1 aromatic heterocycles. The van der Waals surface area contributed by atoms with Crippen molar-refractivity contribution in [3.8, 4) is 0 Å². The van der Waals surface area contributed by atoms with Gasteiger partial charge in [0, 0.05) is 7.05 Å². The molecule has 1 rings (SSSR count). The summed E-state index contributed by atoms with van der Waals surface area (Å²) >= 11 is 1.21. The van der Waals surface area contributed by atoms with E-state index in [0.717, 1.165) is 5.16 Å². The van der Waals surface area contributed by atoms with Gasteiger partial charge in [0.15, 0.2) is 0 Å². The second-order valence-electron chi connectivity index (χ2n) is 1.44. The van der Waals surface area contributed by atoms with E-state index in [1.54, 1.807) is 10.9 Å². The van der Waals surface area contributed by atoms with Crippen molar-refractivity contribution >= 4 is 18.7 Å². The summed E-state index contributed by atoms with van der Waals surface area (Å²) in [6.07, 6.45) is 1.62. The van der Waals surface area contributed by atoms with Crippen molar-refractivity contribution < 1.29 is 0 Å². The van der Waals surface area contributed by atoms with Crippen molar-refractivity contribution in [3.05, 3.63) is 6.33 Å². The van der Waals surface area contributed by atoms with Gasteiger partial charge in [0.05, 0.1) is 11.9 Å². The summed E-state index contributed by atoms with van der Waals surface area (Å²) < 4.78 is 5.36. The second-order valence-corrected chi connectivity index (χ2v) is 2.25. The Hall–Kier alpha value is -0.840. The highest BCUT2D eigenvalue weighted by atomic mass is 32.2. The first kappa shape index (κ1) is 6.28. The fourth-order valence-electron chi connectivity index (χ4n) is 0.413. The minimum absolute atomic E-state index is 0.755. The first-order valence-corrected chi connectivity index (χ1v) is 3.09. The molecule has 0 unspecified atom stereocenters. The zero-order chi connectivity index (χ0) is 6.69. The van der Waals surface area contributed by atoms with Gasteiger partial charge in [-0.15, -0.1) is 10.2 Å². The average molecular weight is 142 g/mol. The summed E-state index contributed by atoms with van der Waals surface area (Å²) in [5, 5.41) is 8.15. The minimum Gasteiger partial charge on any atom is -0.310 e. The molecule has 0 saturated carbocycles. The molecule has 1 heterocycles. The highest BCUT2D eigenvalue weighted by Crippen LogP contribution is 2.12. The third kappa shape index (κ3) is 1.29. The van der Waals surface area contributed by atoms with Crippen molar-refractivity contribution in [2.75, 3.05) is 0 Å². The Morgan fingerprint density at radius 3 is 3.11 bits per heavy atom. The van der Waals surface area contributed by atoms with Gasteiger partial charge in [-0.1, -0.05) is 0 Å². The molecule has 0 saturated heterocycles. The smallest absolute Gasteiger partial charge is 0.213 e. The standard InChI is InChI=1S/C4H6N4S/c1-5-9-4-7-6-3-8(4)2/h3H,1H2,2H3. The molecular weight excluding hydrogens is 136 g/mol. The van der Waals surface area contributed by atoms with Crippen LogP contribution in [0.2, 0.25) is 0 Å². The van der Waals surface area contributed by atoms with Crippen LogP contribution in [0.25, 0.3) is 0 Å². The molecule has 1 aromatic rings. The quantitative estimate of drug-likeness (QED) is 0.446. The van der Waals surface area contributed by atoms with E-state index in [1.165, 1.54) is 11.9 Å². The Balaban J connectivity index is 2.80. The summed E-state index contributed by atoms with van der Waals surface area (Å²) in [5.41, 5.74) is 0. The van der Waals surface area contributed by atoms with Crippen LogP contribution in [0.15, 0.2) is 15.9 Å². The summed E-state index contributed by atoms with van der Waals surface area (Å²) in [7, 11) is 1.85. The van der Waals surface area contributed by atoms with E-state index < -0.39 is 0 Å².